The molecule has 0 spiro atoms. The molecule has 1 unspecified atom stereocenters. The second kappa shape index (κ2) is 10.6. The lowest BCUT2D eigenvalue weighted by Gasteiger charge is -2.39. The van der Waals surface area contributed by atoms with Gasteiger partial charge >= 0.3 is 0 Å². The van der Waals surface area contributed by atoms with E-state index in [0.717, 1.165) is 5.56 Å². The average molecular weight is 485 g/mol. The van der Waals surface area contributed by atoms with E-state index in [0.29, 0.717) is 42.5 Å². The molecule has 1 amide bonds. The van der Waals surface area contributed by atoms with Gasteiger partial charge in [0, 0.05) is 37.2 Å². The minimum atomic E-state index is -4.13. The van der Waals surface area contributed by atoms with Gasteiger partial charge in [-0.05, 0) is 54.8 Å². The molecule has 32 heavy (non-hydrogen) atoms. The first-order chi connectivity index (χ1) is 15.1. The van der Waals surface area contributed by atoms with Gasteiger partial charge in [0.15, 0.2) is 6.61 Å². The van der Waals surface area contributed by atoms with Crippen molar-refractivity contribution in [1.82, 2.24) is 9.80 Å². The zero-order valence-electron chi connectivity index (χ0n) is 17.7. The monoisotopic (exact) mass is 484 g/mol. The number of hydrogen-bond donors (Lipinski definition) is 1. The Morgan fingerprint density at radius 3 is 2.59 bits per heavy atom. The molecule has 2 aromatic carbocycles. The number of nitrogens with zero attached hydrogens (tertiary/aromatic N) is 2. The van der Waals surface area contributed by atoms with Crippen LogP contribution >= 0.6 is 11.6 Å². The number of aryl methyl sites for hydroxylation is 1. The first-order valence-corrected chi connectivity index (χ1v) is 12.2. The van der Waals surface area contributed by atoms with E-state index >= 15 is 0 Å². The molecular formula is C22H26ClFN2O5S. The van der Waals surface area contributed by atoms with Crippen LogP contribution in [-0.2, 0) is 27.9 Å². The molecule has 0 aromatic heterocycles. The van der Waals surface area contributed by atoms with E-state index in [4.69, 9.17) is 20.9 Å². The van der Waals surface area contributed by atoms with Gasteiger partial charge in [-0.1, -0.05) is 23.7 Å². The highest BCUT2D eigenvalue weighted by Gasteiger charge is 2.27. The van der Waals surface area contributed by atoms with Crippen LogP contribution < -0.4 is 4.74 Å². The summed E-state index contributed by atoms with van der Waals surface area (Å²) in [7, 11) is -4.13. The van der Waals surface area contributed by atoms with Gasteiger partial charge in [0.05, 0.1) is 5.75 Å². The fourth-order valence-corrected chi connectivity index (χ4v) is 4.41. The summed E-state index contributed by atoms with van der Waals surface area (Å²) in [6, 6.07) is 11.1. The molecular weight excluding hydrogens is 459 g/mol. The topological polar surface area (TPSA) is 87.2 Å². The molecule has 1 fully saturated rings. The molecule has 10 heteroatoms. The van der Waals surface area contributed by atoms with Gasteiger partial charge in [-0.2, -0.15) is 8.42 Å². The molecule has 174 valence electrons. The van der Waals surface area contributed by atoms with E-state index in [2.05, 4.69) is 4.90 Å². The van der Waals surface area contributed by atoms with Crippen LogP contribution in [-0.4, -0.2) is 66.7 Å². The average Bonchev–Trinajstić information content (AvgIpc) is 2.72. The summed E-state index contributed by atoms with van der Waals surface area (Å²) in [5.41, 5.74) is 1.52. The molecule has 0 aliphatic carbocycles. The molecule has 0 bridgehead atoms. The molecule has 1 aliphatic heterocycles. The maximum atomic E-state index is 13.1. The first-order valence-electron chi connectivity index (χ1n) is 10.2. The lowest BCUT2D eigenvalue weighted by molar-refractivity contribution is -0.138. The lowest BCUT2D eigenvalue weighted by atomic mass is 10.1. The van der Waals surface area contributed by atoms with Crippen molar-refractivity contribution in [2.45, 2.75) is 25.9 Å². The van der Waals surface area contributed by atoms with Crippen LogP contribution in [0.25, 0.3) is 0 Å². The van der Waals surface area contributed by atoms with Gasteiger partial charge in [0.2, 0.25) is 0 Å². The number of rotatable bonds is 8. The number of halogens is 2. The van der Waals surface area contributed by atoms with Crippen LogP contribution in [0.5, 0.6) is 5.75 Å². The molecule has 0 saturated carbocycles. The Balaban J connectivity index is 1.55. The number of carbonyl (C=O) groups excluding carboxylic acids is 1. The number of ether oxygens (including phenoxy) is 1. The highest BCUT2D eigenvalue weighted by Crippen LogP contribution is 2.24. The van der Waals surface area contributed by atoms with Crippen LogP contribution in [0.15, 0.2) is 42.5 Å². The zero-order chi connectivity index (χ0) is 23.3. The molecule has 0 radical (unpaired) electrons. The van der Waals surface area contributed by atoms with Gasteiger partial charge in [0.1, 0.15) is 11.6 Å². The third kappa shape index (κ3) is 7.16. The summed E-state index contributed by atoms with van der Waals surface area (Å²) in [6.45, 7) is 4.38. The Labute approximate surface area is 192 Å². The second-order valence-corrected chi connectivity index (χ2v) is 9.88. The van der Waals surface area contributed by atoms with E-state index < -0.39 is 15.9 Å². The Morgan fingerprint density at radius 2 is 1.94 bits per heavy atom. The zero-order valence-corrected chi connectivity index (χ0v) is 19.3. The second-order valence-electron chi connectivity index (χ2n) is 7.87. The summed E-state index contributed by atoms with van der Waals surface area (Å²) < 4.78 is 49.9. The van der Waals surface area contributed by atoms with Crippen LogP contribution in [0.2, 0.25) is 5.02 Å². The molecule has 1 atom stereocenters. The molecule has 1 heterocycles. The fraction of sp³-hybridized carbons (Fsp3) is 0.409. The molecule has 7 nitrogen and oxygen atoms in total. The molecule has 3 rings (SSSR count). The Hall–Kier alpha value is -2.20. The van der Waals surface area contributed by atoms with Crippen LogP contribution in [0.3, 0.4) is 0 Å². The maximum absolute atomic E-state index is 13.1. The molecule has 2 aromatic rings. The minimum Gasteiger partial charge on any atom is -0.483 e. The third-order valence-corrected chi connectivity index (χ3v) is 6.31. The van der Waals surface area contributed by atoms with Crippen LogP contribution in [0.1, 0.15) is 18.1 Å². The van der Waals surface area contributed by atoms with Crippen molar-refractivity contribution in [3.8, 4) is 5.75 Å². The normalized spacial score (nSPS) is 17.4. The van der Waals surface area contributed by atoms with E-state index in [1.165, 1.54) is 12.1 Å². The molecule has 1 aliphatic rings. The van der Waals surface area contributed by atoms with Gasteiger partial charge in [-0.3, -0.25) is 14.2 Å². The summed E-state index contributed by atoms with van der Waals surface area (Å²) >= 11 is 5.98. The van der Waals surface area contributed by atoms with Gasteiger partial charge in [0.25, 0.3) is 16.0 Å². The summed E-state index contributed by atoms with van der Waals surface area (Å²) in [6.07, 6.45) is 0.0153. The first kappa shape index (κ1) is 24.4. The van der Waals surface area contributed by atoms with E-state index in [1.807, 2.05) is 6.92 Å². The largest absolute Gasteiger partial charge is 0.483 e. The predicted octanol–water partition coefficient (Wildman–Crippen LogP) is 3.02. The summed E-state index contributed by atoms with van der Waals surface area (Å²) in [5.74, 6) is -0.548. The van der Waals surface area contributed by atoms with Crippen molar-refractivity contribution in [2.24, 2.45) is 0 Å². The molecule has 1 N–H and O–H groups in total. The number of hydrogen-bond acceptors (Lipinski definition) is 5. The third-order valence-electron chi connectivity index (χ3n) is 5.35. The Bertz CT molecular complexity index is 1050. The van der Waals surface area contributed by atoms with Crippen molar-refractivity contribution >= 4 is 27.6 Å². The van der Waals surface area contributed by atoms with Gasteiger partial charge in [-0.15, -0.1) is 0 Å². The van der Waals surface area contributed by atoms with E-state index in [9.17, 15) is 17.6 Å². The summed E-state index contributed by atoms with van der Waals surface area (Å²) in [5, 5.41) is 0.403. The standard InChI is InChI=1S/C22H26ClFN2O5S/c1-16-13-25(14-17-2-5-20(24)6-3-17)9-10-26(16)22(27)15-31-21-7-4-19(23)12-18(21)8-11-32(28,29)30/h2-7,12,16H,8-11,13-15H2,1H3,(H,28,29,30). The quantitative estimate of drug-likeness (QED) is 0.579. The van der Waals surface area contributed by atoms with Crippen LogP contribution in [0, 0.1) is 5.82 Å². The Kier molecular flexibility index (Phi) is 8.10. The Morgan fingerprint density at radius 1 is 1.22 bits per heavy atom. The van der Waals surface area contributed by atoms with Gasteiger partial charge < -0.3 is 9.64 Å². The number of carbonyl (C=O) groups is 1. The smallest absolute Gasteiger partial charge is 0.265 e. The van der Waals surface area contributed by atoms with Crippen LogP contribution in [0.4, 0.5) is 4.39 Å². The van der Waals surface area contributed by atoms with Crippen molar-refractivity contribution in [3.05, 3.63) is 64.4 Å². The summed E-state index contributed by atoms with van der Waals surface area (Å²) in [4.78, 5) is 16.7. The lowest BCUT2D eigenvalue weighted by Crippen LogP contribution is -2.54. The number of amides is 1. The maximum Gasteiger partial charge on any atom is 0.265 e. The fourth-order valence-electron chi connectivity index (χ4n) is 3.74. The van der Waals surface area contributed by atoms with Crippen molar-refractivity contribution in [1.29, 1.82) is 0 Å². The highest BCUT2D eigenvalue weighted by atomic mass is 35.5. The van der Waals surface area contributed by atoms with Crippen molar-refractivity contribution in [2.75, 3.05) is 32.0 Å². The minimum absolute atomic E-state index is 0.0153. The SMILES string of the molecule is CC1CN(Cc2ccc(F)cc2)CCN1C(=O)COc1ccc(Cl)cc1CCS(=O)(=O)O. The van der Waals surface area contributed by atoms with E-state index in [1.54, 1.807) is 35.2 Å². The number of piperazine rings is 1. The van der Waals surface area contributed by atoms with E-state index in [-0.39, 0.29) is 30.8 Å². The number of benzene rings is 2. The van der Waals surface area contributed by atoms with Gasteiger partial charge in [-0.25, -0.2) is 4.39 Å². The van der Waals surface area contributed by atoms with Crippen molar-refractivity contribution < 1.29 is 26.9 Å². The van der Waals surface area contributed by atoms with Crippen molar-refractivity contribution in [3.63, 3.8) is 0 Å². The molecule has 1 saturated heterocycles. The predicted molar refractivity (Wildman–Crippen MR) is 120 cm³/mol. The highest BCUT2D eigenvalue weighted by molar-refractivity contribution is 7.85.